The number of hydrogen-bond donors (Lipinski definition) is 2. The lowest BCUT2D eigenvalue weighted by Crippen LogP contribution is -2.55. The van der Waals surface area contributed by atoms with E-state index in [2.05, 4.69) is 35.1 Å². The quantitative estimate of drug-likeness (QED) is 0.788. The van der Waals surface area contributed by atoms with Gasteiger partial charge in [-0.2, -0.15) is 0 Å². The molecule has 0 bridgehead atoms. The Morgan fingerprint density at radius 1 is 1.45 bits per heavy atom. The third-order valence-electron chi connectivity index (χ3n) is 4.58. The second kappa shape index (κ2) is 6.67. The maximum atomic E-state index is 6.18. The van der Waals surface area contributed by atoms with Gasteiger partial charge in [0.05, 0.1) is 10.6 Å². The van der Waals surface area contributed by atoms with E-state index in [4.69, 9.17) is 17.3 Å². The maximum Gasteiger partial charge on any atom is 0.0549 e. The van der Waals surface area contributed by atoms with Gasteiger partial charge in [-0.3, -0.25) is 0 Å². The highest BCUT2D eigenvalue weighted by atomic mass is 79.9. The van der Waals surface area contributed by atoms with Crippen molar-refractivity contribution < 1.29 is 0 Å². The van der Waals surface area contributed by atoms with Crippen LogP contribution in [0.2, 0.25) is 5.02 Å². The van der Waals surface area contributed by atoms with Gasteiger partial charge in [-0.15, -0.1) is 0 Å². The number of benzene rings is 1. The Hall–Kier alpha value is -0.250. The molecule has 3 N–H and O–H groups in total. The zero-order valence-corrected chi connectivity index (χ0v) is 14.6. The molecule has 2 rings (SSSR count). The maximum absolute atomic E-state index is 6.18. The fourth-order valence-electron chi connectivity index (χ4n) is 3.56. The summed E-state index contributed by atoms with van der Waals surface area (Å²) in [7, 11) is 0. The summed E-state index contributed by atoms with van der Waals surface area (Å²) in [5, 5.41) is 4.47. The molecule has 1 fully saturated rings. The smallest absolute Gasteiger partial charge is 0.0549 e. The van der Waals surface area contributed by atoms with Crippen molar-refractivity contribution in [2.24, 2.45) is 17.6 Å². The van der Waals surface area contributed by atoms with E-state index in [-0.39, 0.29) is 5.54 Å². The van der Waals surface area contributed by atoms with Crippen LogP contribution in [0.15, 0.2) is 22.7 Å². The van der Waals surface area contributed by atoms with E-state index in [0.717, 1.165) is 21.6 Å². The van der Waals surface area contributed by atoms with Gasteiger partial charge in [0.15, 0.2) is 0 Å². The minimum absolute atomic E-state index is 0.0136. The number of nitrogens with one attached hydrogen (secondary N) is 1. The molecular weight excluding hydrogens is 336 g/mol. The lowest BCUT2D eigenvalue weighted by molar-refractivity contribution is 0.166. The van der Waals surface area contributed by atoms with E-state index >= 15 is 0 Å². The minimum atomic E-state index is 0.0136. The molecule has 1 aliphatic rings. The van der Waals surface area contributed by atoms with Crippen LogP contribution in [0.25, 0.3) is 0 Å². The molecule has 1 aromatic carbocycles. The molecular formula is C16H24BrClN2. The molecule has 0 aliphatic heterocycles. The molecule has 1 aliphatic carbocycles. The van der Waals surface area contributed by atoms with E-state index in [1.807, 2.05) is 18.2 Å². The number of halogens is 2. The number of rotatable bonds is 4. The van der Waals surface area contributed by atoms with Gasteiger partial charge in [-0.25, -0.2) is 0 Å². The third kappa shape index (κ3) is 3.32. The Kier molecular flexibility index (Phi) is 5.38. The molecule has 2 unspecified atom stereocenters. The highest BCUT2D eigenvalue weighted by Crippen LogP contribution is 2.40. The molecule has 1 saturated carbocycles. The van der Waals surface area contributed by atoms with Gasteiger partial charge >= 0.3 is 0 Å². The average Bonchev–Trinajstić information content (AvgIpc) is 2.43. The van der Waals surface area contributed by atoms with Crippen molar-refractivity contribution in [2.75, 3.05) is 11.9 Å². The fourth-order valence-corrected chi connectivity index (χ4v) is 4.06. The van der Waals surface area contributed by atoms with Gasteiger partial charge in [-0.05, 0) is 58.8 Å². The Labute approximate surface area is 135 Å². The molecule has 1 aromatic rings. The van der Waals surface area contributed by atoms with Gasteiger partial charge in [-0.1, -0.05) is 38.3 Å². The Bertz CT molecular complexity index is 464. The first-order valence-corrected chi connectivity index (χ1v) is 8.59. The highest BCUT2D eigenvalue weighted by Gasteiger charge is 2.41. The lowest BCUT2D eigenvalue weighted by Gasteiger charge is -2.47. The van der Waals surface area contributed by atoms with Crippen LogP contribution >= 0.6 is 27.5 Å². The zero-order chi connectivity index (χ0) is 14.8. The Balaban J connectivity index is 2.27. The summed E-state index contributed by atoms with van der Waals surface area (Å²) >= 11 is 9.56. The fraction of sp³-hybridized carbons (Fsp3) is 0.625. The van der Waals surface area contributed by atoms with Gasteiger partial charge < -0.3 is 11.1 Å². The summed E-state index contributed by atoms with van der Waals surface area (Å²) in [6.07, 6.45) is 4.97. The van der Waals surface area contributed by atoms with Crippen LogP contribution in [0.1, 0.15) is 39.5 Å². The molecule has 2 nitrogen and oxygen atoms in total. The van der Waals surface area contributed by atoms with Crippen molar-refractivity contribution in [2.45, 2.75) is 45.1 Å². The molecule has 0 spiro atoms. The predicted octanol–water partition coefficient (Wildman–Crippen LogP) is 5.06. The van der Waals surface area contributed by atoms with Crippen molar-refractivity contribution in [1.29, 1.82) is 0 Å². The topological polar surface area (TPSA) is 38.0 Å². The SMILES string of the molecule is CC(C)C1CCCCC1(CN)Nc1ccc(Cl)c(Br)c1. The highest BCUT2D eigenvalue weighted by molar-refractivity contribution is 9.10. The van der Waals surface area contributed by atoms with Crippen LogP contribution < -0.4 is 11.1 Å². The molecule has 4 heteroatoms. The van der Waals surface area contributed by atoms with Gasteiger partial charge in [0, 0.05) is 16.7 Å². The average molecular weight is 360 g/mol. The molecule has 0 amide bonds. The largest absolute Gasteiger partial charge is 0.378 e. The first kappa shape index (κ1) is 16.1. The summed E-state index contributed by atoms with van der Waals surface area (Å²) < 4.78 is 0.924. The summed E-state index contributed by atoms with van der Waals surface area (Å²) in [6.45, 7) is 5.29. The van der Waals surface area contributed by atoms with Crippen LogP contribution in [-0.2, 0) is 0 Å². The van der Waals surface area contributed by atoms with Crippen molar-refractivity contribution in [3.63, 3.8) is 0 Å². The monoisotopic (exact) mass is 358 g/mol. The molecule has 0 saturated heterocycles. The molecule has 0 aromatic heterocycles. The van der Waals surface area contributed by atoms with Crippen LogP contribution in [0.3, 0.4) is 0 Å². The van der Waals surface area contributed by atoms with Gasteiger partial charge in [0.25, 0.3) is 0 Å². The lowest BCUT2D eigenvalue weighted by atomic mass is 9.67. The minimum Gasteiger partial charge on any atom is -0.378 e. The first-order chi connectivity index (χ1) is 9.48. The Morgan fingerprint density at radius 2 is 2.20 bits per heavy atom. The van der Waals surface area contributed by atoms with Crippen molar-refractivity contribution >= 4 is 33.2 Å². The number of anilines is 1. The second-order valence-electron chi connectivity index (χ2n) is 6.21. The summed E-state index contributed by atoms with van der Waals surface area (Å²) in [5.41, 5.74) is 7.29. The number of hydrogen-bond acceptors (Lipinski definition) is 2. The first-order valence-electron chi connectivity index (χ1n) is 7.42. The van der Waals surface area contributed by atoms with Crippen molar-refractivity contribution in [3.8, 4) is 0 Å². The zero-order valence-electron chi connectivity index (χ0n) is 12.3. The van der Waals surface area contributed by atoms with Crippen LogP contribution in [0.5, 0.6) is 0 Å². The van der Waals surface area contributed by atoms with E-state index in [1.165, 1.54) is 19.3 Å². The molecule has 112 valence electrons. The van der Waals surface area contributed by atoms with E-state index in [0.29, 0.717) is 18.4 Å². The van der Waals surface area contributed by atoms with Crippen LogP contribution in [0.4, 0.5) is 5.69 Å². The number of nitrogens with two attached hydrogens (primary N) is 1. The van der Waals surface area contributed by atoms with E-state index < -0.39 is 0 Å². The van der Waals surface area contributed by atoms with Crippen LogP contribution in [0, 0.1) is 11.8 Å². The third-order valence-corrected chi connectivity index (χ3v) is 5.79. The summed E-state index contributed by atoms with van der Waals surface area (Å²) in [6, 6.07) is 6.01. The molecule has 2 atom stereocenters. The van der Waals surface area contributed by atoms with E-state index in [9.17, 15) is 0 Å². The van der Waals surface area contributed by atoms with Gasteiger partial charge in [0.1, 0.15) is 0 Å². The second-order valence-corrected chi connectivity index (χ2v) is 7.47. The van der Waals surface area contributed by atoms with Gasteiger partial charge in [0.2, 0.25) is 0 Å². The predicted molar refractivity (Wildman–Crippen MR) is 91.4 cm³/mol. The van der Waals surface area contributed by atoms with Crippen molar-refractivity contribution in [3.05, 3.63) is 27.7 Å². The summed E-state index contributed by atoms with van der Waals surface area (Å²) in [4.78, 5) is 0. The van der Waals surface area contributed by atoms with Crippen molar-refractivity contribution in [1.82, 2.24) is 0 Å². The Morgan fingerprint density at radius 3 is 2.80 bits per heavy atom. The normalized spacial score (nSPS) is 26.8. The molecule has 0 heterocycles. The molecule has 0 radical (unpaired) electrons. The standard InChI is InChI=1S/C16H24BrClN2/c1-11(2)13-5-3-4-8-16(13,10-19)20-12-6-7-15(18)14(17)9-12/h6-7,9,11,13,20H,3-5,8,10,19H2,1-2H3. The van der Waals surface area contributed by atoms with E-state index in [1.54, 1.807) is 0 Å². The summed E-state index contributed by atoms with van der Waals surface area (Å²) in [5.74, 6) is 1.26. The van der Waals surface area contributed by atoms with Crippen LogP contribution in [-0.4, -0.2) is 12.1 Å². The molecule has 20 heavy (non-hydrogen) atoms.